The van der Waals surface area contributed by atoms with Gasteiger partial charge in [0.15, 0.2) is 0 Å². The van der Waals surface area contributed by atoms with Gasteiger partial charge in [-0.2, -0.15) is 0 Å². The highest BCUT2D eigenvalue weighted by molar-refractivity contribution is 7.80. The van der Waals surface area contributed by atoms with Crippen molar-refractivity contribution in [1.82, 2.24) is 0 Å². The van der Waals surface area contributed by atoms with Crippen LogP contribution in [0.3, 0.4) is 0 Å². The van der Waals surface area contributed by atoms with E-state index >= 15 is 0 Å². The largest absolute Gasteiger partial charge is 0.389 e. The summed E-state index contributed by atoms with van der Waals surface area (Å²) in [6, 6.07) is 9.79. The zero-order valence-electron chi connectivity index (χ0n) is 11.8. The number of nitrogens with two attached hydrogens (primary N) is 1. The molecule has 4 heteroatoms. The summed E-state index contributed by atoms with van der Waals surface area (Å²) in [4.78, 5) is 0.331. The Balaban J connectivity index is 2.48. The van der Waals surface area contributed by atoms with Gasteiger partial charge in [-0.15, -0.1) is 0 Å². The molecular formula is C16H17ClN2S. The molecule has 0 unspecified atom stereocenters. The number of rotatable bonds is 3. The van der Waals surface area contributed by atoms with Crippen molar-refractivity contribution in [2.75, 3.05) is 5.32 Å². The molecule has 3 N–H and O–H groups in total. The maximum Gasteiger partial charge on any atom is 0.106 e. The molecule has 0 aliphatic carbocycles. The smallest absolute Gasteiger partial charge is 0.106 e. The third-order valence-electron chi connectivity index (χ3n) is 3.18. The molecule has 0 aromatic heterocycles. The molecule has 0 atom stereocenters. The summed E-state index contributed by atoms with van der Waals surface area (Å²) < 4.78 is 0. The van der Waals surface area contributed by atoms with Crippen LogP contribution in [0.1, 0.15) is 22.3 Å². The van der Waals surface area contributed by atoms with E-state index in [9.17, 15) is 0 Å². The Morgan fingerprint density at radius 3 is 2.25 bits per heavy atom. The average molecular weight is 305 g/mol. The second kappa shape index (κ2) is 5.81. The van der Waals surface area contributed by atoms with Crippen LogP contribution < -0.4 is 11.1 Å². The fraction of sp³-hybridized carbons (Fsp3) is 0.188. The zero-order valence-corrected chi connectivity index (χ0v) is 13.3. The first-order chi connectivity index (χ1) is 9.38. The normalized spacial score (nSPS) is 10.4. The van der Waals surface area contributed by atoms with Crippen LogP contribution in [-0.4, -0.2) is 4.99 Å². The number of halogens is 1. The Bertz CT molecular complexity index is 657. The minimum atomic E-state index is 0.331. The van der Waals surface area contributed by atoms with Gasteiger partial charge in [-0.25, -0.2) is 0 Å². The number of anilines is 2. The van der Waals surface area contributed by atoms with Crippen molar-refractivity contribution >= 4 is 40.2 Å². The van der Waals surface area contributed by atoms with Crippen molar-refractivity contribution in [2.24, 2.45) is 5.73 Å². The molecule has 2 rings (SSSR count). The van der Waals surface area contributed by atoms with E-state index in [1.165, 1.54) is 16.7 Å². The Hall–Kier alpha value is -1.58. The van der Waals surface area contributed by atoms with Crippen LogP contribution in [0.4, 0.5) is 11.4 Å². The van der Waals surface area contributed by atoms with Gasteiger partial charge >= 0.3 is 0 Å². The van der Waals surface area contributed by atoms with Crippen molar-refractivity contribution in [3.63, 3.8) is 0 Å². The van der Waals surface area contributed by atoms with E-state index < -0.39 is 0 Å². The Kier molecular flexibility index (Phi) is 4.31. The molecule has 0 fully saturated rings. The maximum absolute atomic E-state index is 6.00. The van der Waals surface area contributed by atoms with Crippen LogP contribution in [0.5, 0.6) is 0 Å². The molecule has 0 bridgehead atoms. The summed E-state index contributed by atoms with van der Waals surface area (Å²) in [5.74, 6) is 0. The SMILES string of the molecule is Cc1cc(C)c(Nc2ccc(Cl)cc2C(N)=S)c(C)c1. The van der Waals surface area contributed by atoms with Crippen LogP contribution in [0.15, 0.2) is 30.3 Å². The first-order valence-electron chi connectivity index (χ1n) is 6.32. The van der Waals surface area contributed by atoms with Crippen LogP contribution >= 0.6 is 23.8 Å². The zero-order chi connectivity index (χ0) is 14.9. The Morgan fingerprint density at radius 1 is 1.10 bits per heavy atom. The van der Waals surface area contributed by atoms with Crippen molar-refractivity contribution in [3.05, 3.63) is 57.6 Å². The number of thiocarbonyl (C=S) groups is 1. The number of hydrogen-bond acceptors (Lipinski definition) is 2. The molecule has 0 heterocycles. The molecule has 0 saturated heterocycles. The van der Waals surface area contributed by atoms with E-state index in [0.717, 1.165) is 16.9 Å². The predicted octanol–water partition coefficient (Wildman–Crippen LogP) is 4.64. The number of aryl methyl sites for hydroxylation is 3. The summed E-state index contributed by atoms with van der Waals surface area (Å²) in [6.07, 6.45) is 0. The number of hydrogen-bond donors (Lipinski definition) is 2. The maximum atomic E-state index is 6.00. The quantitative estimate of drug-likeness (QED) is 0.811. The molecule has 2 aromatic carbocycles. The second-order valence-corrected chi connectivity index (χ2v) is 5.83. The molecule has 0 saturated carbocycles. The lowest BCUT2D eigenvalue weighted by Gasteiger charge is -2.16. The first-order valence-corrected chi connectivity index (χ1v) is 7.11. The van der Waals surface area contributed by atoms with E-state index in [0.29, 0.717) is 10.0 Å². The second-order valence-electron chi connectivity index (χ2n) is 4.95. The van der Waals surface area contributed by atoms with Crippen LogP contribution in [0.25, 0.3) is 0 Å². The standard InChI is InChI=1S/C16H17ClN2S/c1-9-6-10(2)15(11(3)7-9)19-14-5-4-12(17)8-13(14)16(18)20/h4-8,19H,1-3H3,(H2,18,20). The van der Waals surface area contributed by atoms with Crippen LogP contribution in [0.2, 0.25) is 5.02 Å². The third-order valence-corrected chi connectivity index (χ3v) is 3.64. The lowest BCUT2D eigenvalue weighted by atomic mass is 10.0. The molecule has 0 spiro atoms. The third kappa shape index (κ3) is 3.11. The van der Waals surface area contributed by atoms with Gasteiger partial charge < -0.3 is 11.1 Å². The van der Waals surface area contributed by atoms with Crippen LogP contribution in [-0.2, 0) is 0 Å². The molecule has 0 aliphatic rings. The van der Waals surface area contributed by atoms with Gasteiger partial charge in [0.2, 0.25) is 0 Å². The number of benzene rings is 2. The van der Waals surface area contributed by atoms with Crippen molar-refractivity contribution in [1.29, 1.82) is 0 Å². The summed E-state index contributed by atoms with van der Waals surface area (Å²) in [7, 11) is 0. The van der Waals surface area contributed by atoms with E-state index in [1.54, 1.807) is 6.07 Å². The molecule has 2 nitrogen and oxygen atoms in total. The van der Waals surface area contributed by atoms with E-state index in [2.05, 4.69) is 38.2 Å². The topological polar surface area (TPSA) is 38.0 Å². The number of nitrogens with one attached hydrogen (secondary N) is 1. The predicted molar refractivity (Wildman–Crippen MR) is 91.3 cm³/mol. The van der Waals surface area contributed by atoms with Gasteiger partial charge in [0.1, 0.15) is 4.99 Å². The summed E-state index contributed by atoms with van der Waals surface area (Å²) in [5, 5.41) is 4.04. The van der Waals surface area contributed by atoms with E-state index in [-0.39, 0.29) is 0 Å². The molecule has 2 aromatic rings. The van der Waals surface area contributed by atoms with Gasteiger partial charge in [-0.1, -0.05) is 41.5 Å². The van der Waals surface area contributed by atoms with Gasteiger partial charge in [-0.3, -0.25) is 0 Å². The fourth-order valence-corrected chi connectivity index (χ4v) is 2.68. The molecule has 0 aliphatic heterocycles. The average Bonchev–Trinajstić information content (AvgIpc) is 2.34. The Labute approximate surface area is 130 Å². The lowest BCUT2D eigenvalue weighted by molar-refractivity contribution is 1.31. The van der Waals surface area contributed by atoms with Crippen molar-refractivity contribution in [3.8, 4) is 0 Å². The Morgan fingerprint density at radius 2 is 1.70 bits per heavy atom. The van der Waals surface area contributed by atoms with Gasteiger partial charge in [0, 0.05) is 22.0 Å². The highest BCUT2D eigenvalue weighted by Crippen LogP contribution is 2.29. The summed E-state index contributed by atoms with van der Waals surface area (Å²) in [5.41, 5.74) is 12.1. The van der Waals surface area contributed by atoms with Crippen molar-refractivity contribution < 1.29 is 0 Å². The lowest BCUT2D eigenvalue weighted by Crippen LogP contribution is -2.12. The monoisotopic (exact) mass is 304 g/mol. The van der Waals surface area contributed by atoms with Gasteiger partial charge in [0.25, 0.3) is 0 Å². The molecule has 0 radical (unpaired) electrons. The molecular weight excluding hydrogens is 288 g/mol. The minimum absolute atomic E-state index is 0.331. The fourth-order valence-electron chi connectivity index (χ4n) is 2.34. The molecule has 104 valence electrons. The first kappa shape index (κ1) is 14.8. The summed E-state index contributed by atoms with van der Waals surface area (Å²) >= 11 is 11.1. The van der Waals surface area contributed by atoms with E-state index in [4.69, 9.17) is 29.6 Å². The van der Waals surface area contributed by atoms with Crippen LogP contribution in [0, 0.1) is 20.8 Å². The van der Waals surface area contributed by atoms with Crippen molar-refractivity contribution in [2.45, 2.75) is 20.8 Å². The van der Waals surface area contributed by atoms with Gasteiger partial charge in [-0.05, 0) is 50.1 Å². The van der Waals surface area contributed by atoms with Gasteiger partial charge in [0.05, 0.1) is 0 Å². The molecule has 0 amide bonds. The van der Waals surface area contributed by atoms with E-state index in [1.807, 2.05) is 12.1 Å². The minimum Gasteiger partial charge on any atom is -0.389 e. The highest BCUT2D eigenvalue weighted by atomic mass is 35.5. The highest BCUT2D eigenvalue weighted by Gasteiger charge is 2.09. The molecule has 20 heavy (non-hydrogen) atoms. The summed E-state index contributed by atoms with van der Waals surface area (Å²) in [6.45, 7) is 6.25.